The van der Waals surface area contributed by atoms with Crippen molar-refractivity contribution in [1.29, 1.82) is 0 Å². The van der Waals surface area contributed by atoms with Crippen LogP contribution in [0.25, 0.3) is 0 Å². The van der Waals surface area contributed by atoms with Crippen molar-refractivity contribution in [2.24, 2.45) is 0 Å². The third-order valence-electron chi connectivity index (χ3n) is 2.55. The van der Waals surface area contributed by atoms with Crippen LogP contribution in [0.3, 0.4) is 0 Å². The molecule has 0 amide bonds. The summed E-state index contributed by atoms with van der Waals surface area (Å²) < 4.78 is 1.70. The number of aliphatic hydroxyl groups is 1. The number of aromatic nitrogens is 4. The molecule has 0 bridgehead atoms. The molecule has 2 rings (SSSR count). The van der Waals surface area contributed by atoms with Crippen molar-refractivity contribution in [3.05, 3.63) is 28.0 Å². The molecule has 6 heteroatoms. The standard InChI is InChI=1S/C12H18N4OS/c1-8(2)11-13-9(7-18-11)5-16-6-10(14-15-16)12(3,4)17/h6-8,17H,5H2,1-4H3. The van der Waals surface area contributed by atoms with Gasteiger partial charge in [-0.25, -0.2) is 9.67 Å². The zero-order chi connectivity index (χ0) is 13.3. The molecule has 2 heterocycles. The zero-order valence-electron chi connectivity index (χ0n) is 11.1. The molecule has 0 spiro atoms. The van der Waals surface area contributed by atoms with Gasteiger partial charge in [0, 0.05) is 11.3 Å². The third kappa shape index (κ3) is 2.94. The van der Waals surface area contributed by atoms with E-state index in [4.69, 9.17) is 0 Å². The summed E-state index contributed by atoms with van der Waals surface area (Å²) in [5.74, 6) is 0.450. The molecule has 98 valence electrons. The smallest absolute Gasteiger partial charge is 0.114 e. The fraction of sp³-hybridized carbons (Fsp3) is 0.583. The first kappa shape index (κ1) is 13.2. The average molecular weight is 266 g/mol. The van der Waals surface area contributed by atoms with E-state index < -0.39 is 5.60 Å². The van der Waals surface area contributed by atoms with E-state index in [2.05, 4.69) is 29.1 Å². The van der Waals surface area contributed by atoms with E-state index in [9.17, 15) is 5.11 Å². The van der Waals surface area contributed by atoms with Crippen LogP contribution in [0.4, 0.5) is 0 Å². The van der Waals surface area contributed by atoms with E-state index in [-0.39, 0.29) is 0 Å². The summed E-state index contributed by atoms with van der Waals surface area (Å²) in [4.78, 5) is 4.54. The van der Waals surface area contributed by atoms with Crippen molar-refractivity contribution < 1.29 is 5.11 Å². The predicted molar refractivity (Wildman–Crippen MR) is 70.6 cm³/mol. The summed E-state index contributed by atoms with van der Waals surface area (Å²) >= 11 is 1.67. The van der Waals surface area contributed by atoms with Crippen LogP contribution in [0.2, 0.25) is 0 Å². The number of rotatable bonds is 4. The highest BCUT2D eigenvalue weighted by Gasteiger charge is 2.20. The summed E-state index contributed by atoms with van der Waals surface area (Å²) in [6.45, 7) is 8.24. The Bertz CT molecular complexity index is 524. The molecule has 0 fully saturated rings. The molecule has 0 radical (unpaired) electrons. The van der Waals surface area contributed by atoms with Gasteiger partial charge in [0.05, 0.1) is 23.4 Å². The van der Waals surface area contributed by atoms with Crippen LogP contribution in [0, 0.1) is 0 Å². The Balaban J connectivity index is 2.11. The summed E-state index contributed by atoms with van der Waals surface area (Å²) in [5, 5.41) is 21.0. The van der Waals surface area contributed by atoms with Gasteiger partial charge in [-0.3, -0.25) is 0 Å². The van der Waals surface area contributed by atoms with Crippen molar-refractivity contribution in [2.75, 3.05) is 0 Å². The van der Waals surface area contributed by atoms with Crippen LogP contribution in [0.5, 0.6) is 0 Å². The number of hydrogen-bond donors (Lipinski definition) is 1. The van der Waals surface area contributed by atoms with Gasteiger partial charge in [0.25, 0.3) is 0 Å². The van der Waals surface area contributed by atoms with Crippen molar-refractivity contribution in [3.63, 3.8) is 0 Å². The summed E-state index contributed by atoms with van der Waals surface area (Å²) in [7, 11) is 0. The molecule has 0 aliphatic heterocycles. The molecule has 0 aliphatic rings. The average Bonchev–Trinajstić information content (AvgIpc) is 2.85. The number of thiazole rings is 1. The summed E-state index contributed by atoms with van der Waals surface area (Å²) in [5.41, 5.74) is 0.598. The van der Waals surface area contributed by atoms with Crippen LogP contribution in [-0.4, -0.2) is 25.1 Å². The molecule has 0 unspecified atom stereocenters. The predicted octanol–water partition coefficient (Wildman–Crippen LogP) is 2.13. The fourth-order valence-electron chi connectivity index (χ4n) is 1.48. The molecular weight excluding hydrogens is 248 g/mol. The Morgan fingerprint density at radius 2 is 2.17 bits per heavy atom. The maximum Gasteiger partial charge on any atom is 0.114 e. The normalized spacial score (nSPS) is 12.3. The maximum absolute atomic E-state index is 9.82. The van der Waals surface area contributed by atoms with Crippen molar-refractivity contribution >= 4 is 11.3 Å². The lowest BCUT2D eigenvalue weighted by Crippen LogP contribution is -2.15. The van der Waals surface area contributed by atoms with Gasteiger partial charge in [0.1, 0.15) is 11.3 Å². The van der Waals surface area contributed by atoms with Gasteiger partial charge in [-0.05, 0) is 13.8 Å². The summed E-state index contributed by atoms with van der Waals surface area (Å²) in [6.07, 6.45) is 1.76. The minimum atomic E-state index is -0.955. The monoisotopic (exact) mass is 266 g/mol. The number of hydrogen-bond acceptors (Lipinski definition) is 5. The Morgan fingerprint density at radius 1 is 1.44 bits per heavy atom. The SMILES string of the molecule is CC(C)c1nc(Cn2cc(C(C)(C)O)nn2)cs1. The van der Waals surface area contributed by atoms with Gasteiger partial charge < -0.3 is 5.11 Å². The highest BCUT2D eigenvalue weighted by atomic mass is 32.1. The van der Waals surface area contributed by atoms with E-state index in [1.165, 1.54) is 0 Å². The molecular formula is C12H18N4OS. The van der Waals surface area contributed by atoms with Crippen LogP contribution in [0.1, 0.15) is 50.0 Å². The Hall–Kier alpha value is -1.27. The lowest BCUT2D eigenvalue weighted by Gasteiger charge is -2.11. The first-order valence-corrected chi connectivity index (χ1v) is 6.81. The topological polar surface area (TPSA) is 63.8 Å². The fourth-order valence-corrected chi connectivity index (χ4v) is 2.31. The second-order valence-electron chi connectivity index (χ2n) is 5.19. The molecule has 0 atom stereocenters. The minimum Gasteiger partial charge on any atom is -0.384 e. The Morgan fingerprint density at radius 3 is 2.67 bits per heavy atom. The molecule has 0 aromatic carbocycles. The van der Waals surface area contributed by atoms with Gasteiger partial charge in [-0.2, -0.15) is 0 Å². The molecule has 2 aromatic rings. The highest BCUT2D eigenvalue weighted by Crippen LogP contribution is 2.20. The van der Waals surface area contributed by atoms with Gasteiger partial charge in [0.2, 0.25) is 0 Å². The molecule has 0 saturated carbocycles. The van der Waals surface area contributed by atoms with E-state index in [0.29, 0.717) is 18.2 Å². The molecule has 2 aromatic heterocycles. The van der Waals surface area contributed by atoms with Crippen molar-refractivity contribution in [2.45, 2.75) is 45.8 Å². The third-order valence-corrected chi connectivity index (χ3v) is 3.75. The largest absolute Gasteiger partial charge is 0.384 e. The molecule has 1 N–H and O–H groups in total. The van der Waals surface area contributed by atoms with Crippen molar-refractivity contribution in [3.8, 4) is 0 Å². The van der Waals surface area contributed by atoms with Crippen LogP contribution in [-0.2, 0) is 12.1 Å². The van der Waals surface area contributed by atoms with E-state index >= 15 is 0 Å². The van der Waals surface area contributed by atoms with E-state index in [0.717, 1.165) is 10.7 Å². The number of nitrogens with zero attached hydrogens (tertiary/aromatic N) is 4. The minimum absolute atomic E-state index is 0.450. The first-order chi connectivity index (χ1) is 8.36. The second-order valence-corrected chi connectivity index (χ2v) is 6.08. The lowest BCUT2D eigenvalue weighted by atomic mass is 10.1. The van der Waals surface area contributed by atoms with Crippen LogP contribution < -0.4 is 0 Å². The quantitative estimate of drug-likeness (QED) is 0.920. The van der Waals surface area contributed by atoms with E-state index in [1.807, 2.05) is 5.38 Å². The van der Waals surface area contributed by atoms with Gasteiger partial charge in [-0.15, -0.1) is 16.4 Å². The zero-order valence-corrected chi connectivity index (χ0v) is 11.9. The van der Waals surface area contributed by atoms with Crippen LogP contribution >= 0.6 is 11.3 Å². The molecule has 18 heavy (non-hydrogen) atoms. The maximum atomic E-state index is 9.82. The van der Waals surface area contributed by atoms with Crippen molar-refractivity contribution in [1.82, 2.24) is 20.0 Å². The Kier molecular flexibility index (Phi) is 3.49. The van der Waals surface area contributed by atoms with Crippen LogP contribution in [0.15, 0.2) is 11.6 Å². The lowest BCUT2D eigenvalue weighted by molar-refractivity contribution is 0.0737. The van der Waals surface area contributed by atoms with Gasteiger partial charge in [-0.1, -0.05) is 19.1 Å². The Labute approximate surface area is 110 Å². The highest BCUT2D eigenvalue weighted by molar-refractivity contribution is 7.09. The van der Waals surface area contributed by atoms with Gasteiger partial charge in [0.15, 0.2) is 0 Å². The molecule has 5 nitrogen and oxygen atoms in total. The molecule has 0 aliphatic carbocycles. The van der Waals surface area contributed by atoms with E-state index in [1.54, 1.807) is 36.1 Å². The second kappa shape index (κ2) is 4.78. The summed E-state index contributed by atoms with van der Waals surface area (Å²) in [6, 6.07) is 0. The first-order valence-electron chi connectivity index (χ1n) is 5.93. The molecule has 0 saturated heterocycles. The van der Waals surface area contributed by atoms with Gasteiger partial charge >= 0.3 is 0 Å².